The van der Waals surface area contributed by atoms with Crippen molar-refractivity contribution in [3.63, 3.8) is 0 Å². The fourth-order valence-electron chi connectivity index (χ4n) is 3.16. The first-order chi connectivity index (χ1) is 7.22. The maximum Gasteiger partial charge on any atom is 0.0712 e. The Balaban J connectivity index is 1.95. The fraction of sp³-hybridized carbons (Fsp3) is 1.00. The van der Waals surface area contributed by atoms with Crippen molar-refractivity contribution in [2.45, 2.75) is 69.1 Å². The maximum absolute atomic E-state index is 10.5. The number of hydrogen-bond donors (Lipinski definition) is 1. The van der Waals surface area contributed by atoms with Crippen molar-refractivity contribution < 1.29 is 5.11 Å². The molecule has 0 amide bonds. The van der Waals surface area contributed by atoms with Crippen LogP contribution in [0.1, 0.15) is 58.3 Å². The van der Waals surface area contributed by atoms with Gasteiger partial charge in [0.1, 0.15) is 0 Å². The standard InChI is InChI=1S/C13H24OS/c1-13(9-6-10-15-13)12(14)11-7-4-2-3-5-8-11/h11-12,14H,2-10H2,1H3. The quantitative estimate of drug-likeness (QED) is 0.729. The molecule has 2 fully saturated rings. The molecule has 1 aliphatic heterocycles. The minimum Gasteiger partial charge on any atom is -0.391 e. The molecule has 2 aliphatic rings. The van der Waals surface area contributed by atoms with Crippen LogP contribution in [-0.4, -0.2) is 21.7 Å². The van der Waals surface area contributed by atoms with Gasteiger partial charge >= 0.3 is 0 Å². The van der Waals surface area contributed by atoms with E-state index in [0.717, 1.165) is 0 Å². The van der Waals surface area contributed by atoms with Crippen molar-refractivity contribution in [2.75, 3.05) is 5.75 Å². The van der Waals surface area contributed by atoms with Gasteiger partial charge in [0.15, 0.2) is 0 Å². The van der Waals surface area contributed by atoms with E-state index >= 15 is 0 Å². The largest absolute Gasteiger partial charge is 0.391 e. The highest BCUT2D eigenvalue weighted by Gasteiger charge is 2.40. The topological polar surface area (TPSA) is 20.2 Å². The Morgan fingerprint density at radius 3 is 2.33 bits per heavy atom. The normalized spacial score (nSPS) is 36.4. The zero-order chi connectivity index (χ0) is 10.7. The van der Waals surface area contributed by atoms with Gasteiger partial charge in [-0.1, -0.05) is 25.7 Å². The summed E-state index contributed by atoms with van der Waals surface area (Å²) in [5.74, 6) is 1.84. The van der Waals surface area contributed by atoms with Gasteiger partial charge in [0.05, 0.1) is 6.10 Å². The molecule has 0 bridgehead atoms. The van der Waals surface area contributed by atoms with Gasteiger partial charge < -0.3 is 5.11 Å². The van der Waals surface area contributed by atoms with E-state index in [-0.39, 0.29) is 10.9 Å². The SMILES string of the molecule is CC1(C(O)C2CCCCCC2)CCCS1. The lowest BCUT2D eigenvalue weighted by atomic mass is 9.84. The van der Waals surface area contributed by atoms with Crippen molar-refractivity contribution in [3.05, 3.63) is 0 Å². The second-order valence-corrected chi connectivity index (χ2v) is 7.09. The molecule has 1 saturated heterocycles. The van der Waals surface area contributed by atoms with E-state index < -0.39 is 0 Å². The van der Waals surface area contributed by atoms with E-state index in [0.29, 0.717) is 5.92 Å². The Hall–Kier alpha value is 0.310. The Bertz CT molecular complexity index is 191. The summed E-state index contributed by atoms with van der Waals surface area (Å²) in [5.41, 5.74) is 0. The molecular formula is C13H24OS. The molecule has 2 unspecified atom stereocenters. The van der Waals surface area contributed by atoms with E-state index in [1.54, 1.807) is 0 Å². The number of hydrogen-bond acceptors (Lipinski definition) is 2. The molecule has 15 heavy (non-hydrogen) atoms. The third-order valence-corrected chi connectivity index (χ3v) is 5.82. The van der Waals surface area contributed by atoms with Gasteiger partial charge in [0.2, 0.25) is 0 Å². The summed E-state index contributed by atoms with van der Waals surface area (Å²) in [6, 6.07) is 0. The summed E-state index contributed by atoms with van der Waals surface area (Å²) in [6.45, 7) is 2.28. The molecule has 0 aromatic carbocycles. The first kappa shape index (κ1) is 11.8. The summed E-state index contributed by atoms with van der Waals surface area (Å²) in [7, 11) is 0. The van der Waals surface area contributed by atoms with E-state index in [1.165, 1.54) is 57.1 Å². The summed E-state index contributed by atoms with van der Waals surface area (Å²) in [4.78, 5) is 0. The zero-order valence-electron chi connectivity index (χ0n) is 9.87. The molecule has 0 aromatic heterocycles. The predicted octanol–water partition coefficient (Wildman–Crippen LogP) is 3.60. The van der Waals surface area contributed by atoms with Gasteiger partial charge in [-0.15, -0.1) is 0 Å². The van der Waals surface area contributed by atoms with Crippen molar-refractivity contribution in [1.29, 1.82) is 0 Å². The van der Waals surface area contributed by atoms with Crippen LogP contribution in [0.2, 0.25) is 0 Å². The van der Waals surface area contributed by atoms with E-state index in [1.807, 2.05) is 11.8 Å². The van der Waals surface area contributed by atoms with E-state index in [9.17, 15) is 5.11 Å². The summed E-state index contributed by atoms with van der Waals surface area (Å²) < 4.78 is 0.176. The zero-order valence-corrected chi connectivity index (χ0v) is 10.7. The minimum absolute atomic E-state index is 0.0527. The maximum atomic E-state index is 10.5. The third kappa shape index (κ3) is 2.71. The van der Waals surface area contributed by atoms with Gasteiger partial charge in [-0.25, -0.2) is 0 Å². The molecule has 1 aliphatic carbocycles. The molecule has 1 nitrogen and oxygen atoms in total. The Kier molecular flexibility index (Phi) is 4.00. The van der Waals surface area contributed by atoms with Crippen molar-refractivity contribution in [2.24, 2.45) is 5.92 Å². The number of rotatable bonds is 2. The molecule has 1 heterocycles. The first-order valence-electron chi connectivity index (χ1n) is 6.54. The molecule has 2 rings (SSSR count). The van der Waals surface area contributed by atoms with Crippen LogP contribution in [0.25, 0.3) is 0 Å². The van der Waals surface area contributed by atoms with Crippen LogP contribution in [-0.2, 0) is 0 Å². The second-order valence-electron chi connectivity index (χ2n) is 5.46. The van der Waals surface area contributed by atoms with Crippen LogP contribution in [0.5, 0.6) is 0 Å². The van der Waals surface area contributed by atoms with Crippen molar-refractivity contribution >= 4 is 11.8 Å². The number of thioether (sulfide) groups is 1. The van der Waals surface area contributed by atoms with Crippen LogP contribution >= 0.6 is 11.8 Å². The Morgan fingerprint density at radius 1 is 1.13 bits per heavy atom. The van der Waals surface area contributed by atoms with E-state index in [2.05, 4.69) is 6.92 Å². The lowest BCUT2D eigenvalue weighted by Crippen LogP contribution is -2.39. The second kappa shape index (κ2) is 5.09. The van der Waals surface area contributed by atoms with Gasteiger partial charge in [-0.2, -0.15) is 11.8 Å². The van der Waals surface area contributed by atoms with Crippen LogP contribution < -0.4 is 0 Å². The van der Waals surface area contributed by atoms with Gasteiger partial charge in [-0.05, 0) is 44.3 Å². The molecule has 2 atom stereocenters. The molecule has 1 N–H and O–H groups in total. The molecular weight excluding hydrogens is 204 g/mol. The highest BCUT2D eigenvalue weighted by molar-refractivity contribution is 8.00. The predicted molar refractivity (Wildman–Crippen MR) is 67.3 cm³/mol. The lowest BCUT2D eigenvalue weighted by Gasteiger charge is -2.34. The van der Waals surface area contributed by atoms with Crippen molar-refractivity contribution in [1.82, 2.24) is 0 Å². The summed E-state index contributed by atoms with van der Waals surface area (Å²) in [6.07, 6.45) is 10.4. The molecule has 1 saturated carbocycles. The van der Waals surface area contributed by atoms with Crippen LogP contribution in [0.4, 0.5) is 0 Å². The third-order valence-electron chi connectivity index (χ3n) is 4.22. The molecule has 0 radical (unpaired) electrons. The number of aliphatic hydroxyl groups excluding tert-OH is 1. The van der Waals surface area contributed by atoms with Gasteiger partial charge in [0, 0.05) is 4.75 Å². The molecule has 0 spiro atoms. The number of aliphatic hydroxyl groups is 1. The van der Waals surface area contributed by atoms with Crippen molar-refractivity contribution in [3.8, 4) is 0 Å². The van der Waals surface area contributed by atoms with Crippen LogP contribution in [0, 0.1) is 5.92 Å². The van der Waals surface area contributed by atoms with Crippen LogP contribution in [0.15, 0.2) is 0 Å². The minimum atomic E-state index is -0.0527. The highest BCUT2D eigenvalue weighted by atomic mass is 32.2. The highest BCUT2D eigenvalue weighted by Crippen LogP contribution is 2.44. The summed E-state index contributed by atoms with van der Waals surface area (Å²) >= 11 is 2.00. The lowest BCUT2D eigenvalue weighted by molar-refractivity contribution is 0.0647. The van der Waals surface area contributed by atoms with E-state index in [4.69, 9.17) is 0 Å². The molecule has 2 heteroatoms. The summed E-state index contributed by atoms with van der Waals surface area (Å²) in [5, 5.41) is 10.5. The molecule has 0 aromatic rings. The molecule has 88 valence electrons. The fourth-order valence-corrected chi connectivity index (χ4v) is 4.57. The van der Waals surface area contributed by atoms with Gasteiger partial charge in [-0.3, -0.25) is 0 Å². The van der Waals surface area contributed by atoms with Crippen LogP contribution in [0.3, 0.4) is 0 Å². The Morgan fingerprint density at radius 2 is 1.80 bits per heavy atom. The Labute approximate surface area is 98.0 Å². The smallest absolute Gasteiger partial charge is 0.0712 e. The van der Waals surface area contributed by atoms with Gasteiger partial charge in [0.25, 0.3) is 0 Å². The average Bonchev–Trinajstić information content (AvgIpc) is 2.54. The first-order valence-corrected chi connectivity index (χ1v) is 7.53. The average molecular weight is 228 g/mol. The monoisotopic (exact) mass is 228 g/mol.